The molecule has 104 valence electrons. The number of anilines is 2. The number of hydrogen-bond acceptors (Lipinski definition) is 3. The summed E-state index contributed by atoms with van der Waals surface area (Å²) in [6, 6.07) is 10.4. The van der Waals surface area contributed by atoms with E-state index < -0.39 is 0 Å². The fraction of sp³-hybridized carbons (Fsp3) is 0.0714. The predicted molar refractivity (Wildman–Crippen MR) is 87.2 cm³/mol. The maximum absolute atomic E-state index is 12.2. The standard InChI is InChI=1S/C14H12Br2N2O2/c1-20-13-5-2-8(6-11(13)17)14(19)18-12-4-3-9(15)7-10(12)16/h2-7H,17H2,1H3,(H,18,19). The molecule has 0 aliphatic rings. The lowest BCUT2D eigenvalue weighted by Gasteiger charge is -2.09. The molecule has 3 N–H and O–H groups in total. The van der Waals surface area contributed by atoms with Gasteiger partial charge in [-0.15, -0.1) is 0 Å². The van der Waals surface area contributed by atoms with Crippen molar-refractivity contribution in [3.63, 3.8) is 0 Å². The summed E-state index contributed by atoms with van der Waals surface area (Å²) >= 11 is 6.76. The van der Waals surface area contributed by atoms with Crippen LogP contribution in [0.3, 0.4) is 0 Å². The molecule has 6 heteroatoms. The van der Waals surface area contributed by atoms with Gasteiger partial charge in [0, 0.05) is 14.5 Å². The van der Waals surface area contributed by atoms with Crippen LogP contribution in [0.15, 0.2) is 45.3 Å². The van der Waals surface area contributed by atoms with E-state index in [2.05, 4.69) is 37.2 Å². The molecule has 20 heavy (non-hydrogen) atoms. The van der Waals surface area contributed by atoms with Gasteiger partial charge in [0.2, 0.25) is 0 Å². The molecule has 0 aromatic heterocycles. The van der Waals surface area contributed by atoms with Crippen molar-refractivity contribution in [2.24, 2.45) is 0 Å². The fourth-order valence-corrected chi connectivity index (χ4v) is 2.81. The number of amides is 1. The maximum atomic E-state index is 12.2. The van der Waals surface area contributed by atoms with Crippen molar-refractivity contribution in [2.45, 2.75) is 0 Å². The molecular weight excluding hydrogens is 388 g/mol. The van der Waals surface area contributed by atoms with Crippen LogP contribution in [-0.2, 0) is 0 Å². The Morgan fingerprint density at radius 1 is 1.20 bits per heavy atom. The summed E-state index contributed by atoms with van der Waals surface area (Å²) < 4.78 is 6.78. The van der Waals surface area contributed by atoms with Gasteiger partial charge in [-0.2, -0.15) is 0 Å². The lowest BCUT2D eigenvalue weighted by Crippen LogP contribution is -2.12. The zero-order valence-corrected chi connectivity index (χ0v) is 13.8. The summed E-state index contributed by atoms with van der Waals surface area (Å²) in [5.74, 6) is 0.314. The van der Waals surface area contributed by atoms with Crippen LogP contribution in [0.2, 0.25) is 0 Å². The summed E-state index contributed by atoms with van der Waals surface area (Å²) in [6.45, 7) is 0. The molecule has 0 atom stereocenters. The minimum absolute atomic E-state index is 0.234. The number of carbonyl (C=O) groups excluding carboxylic acids is 1. The van der Waals surface area contributed by atoms with E-state index in [9.17, 15) is 4.79 Å². The minimum Gasteiger partial charge on any atom is -0.495 e. The largest absolute Gasteiger partial charge is 0.495 e. The highest BCUT2D eigenvalue weighted by Crippen LogP contribution is 2.27. The highest BCUT2D eigenvalue weighted by Gasteiger charge is 2.10. The normalized spacial score (nSPS) is 10.2. The summed E-state index contributed by atoms with van der Waals surface area (Å²) in [7, 11) is 1.53. The van der Waals surface area contributed by atoms with Gasteiger partial charge in [0.05, 0.1) is 18.5 Å². The SMILES string of the molecule is COc1ccc(C(=O)Nc2ccc(Br)cc2Br)cc1N. The Bertz CT molecular complexity index is 660. The van der Waals surface area contributed by atoms with E-state index in [1.54, 1.807) is 24.3 Å². The maximum Gasteiger partial charge on any atom is 0.255 e. The van der Waals surface area contributed by atoms with Gasteiger partial charge in [-0.05, 0) is 52.3 Å². The number of halogens is 2. The molecule has 4 nitrogen and oxygen atoms in total. The predicted octanol–water partition coefficient (Wildman–Crippen LogP) is 4.05. The van der Waals surface area contributed by atoms with Crippen molar-refractivity contribution in [1.29, 1.82) is 0 Å². The summed E-state index contributed by atoms with van der Waals surface area (Å²) in [6.07, 6.45) is 0. The Morgan fingerprint density at radius 3 is 2.55 bits per heavy atom. The first kappa shape index (κ1) is 14.9. The van der Waals surface area contributed by atoms with Crippen LogP contribution in [0, 0.1) is 0 Å². The first-order valence-corrected chi connectivity index (χ1v) is 7.30. The molecule has 0 radical (unpaired) electrons. The third-order valence-electron chi connectivity index (χ3n) is 2.67. The molecule has 0 aliphatic carbocycles. The summed E-state index contributed by atoms with van der Waals surface area (Å²) in [4.78, 5) is 12.2. The molecule has 0 heterocycles. The Hall–Kier alpha value is -1.53. The van der Waals surface area contributed by atoms with Gasteiger partial charge < -0.3 is 15.8 Å². The molecule has 0 fully saturated rings. The average Bonchev–Trinajstić information content (AvgIpc) is 2.41. The Labute approximate surface area is 133 Å². The topological polar surface area (TPSA) is 64.3 Å². The fourth-order valence-electron chi connectivity index (χ4n) is 1.66. The highest BCUT2D eigenvalue weighted by atomic mass is 79.9. The van der Waals surface area contributed by atoms with Crippen molar-refractivity contribution < 1.29 is 9.53 Å². The Kier molecular flexibility index (Phi) is 4.67. The number of hydrogen-bond donors (Lipinski definition) is 2. The van der Waals surface area contributed by atoms with E-state index in [4.69, 9.17) is 10.5 Å². The average molecular weight is 400 g/mol. The van der Waals surface area contributed by atoms with Crippen molar-refractivity contribution in [3.8, 4) is 5.75 Å². The van der Waals surface area contributed by atoms with Crippen LogP contribution < -0.4 is 15.8 Å². The number of ether oxygens (including phenoxy) is 1. The Morgan fingerprint density at radius 2 is 1.95 bits per heavy atom. The number of benzene rings is 2. The number of nitrogens with two attached hydrogens (primary N) is 1. The Balaban J connectivity index is 2.21. The second-order valence-electron chi connectivity index (χ2n) is 4.04. The molecule has 0 saturated carbocycles. The molecule has 0 unspecified atom stereocenters. The molecule has 2 aromatic carbocycles. The summed E-state index contributed by atoms with van der Waals surface area (Å²) in [5.41, 5.74) is 7.38. The van der Waals surface area contributed by atoms with Crippen LogP contribution in [0.1, 0.15) is 10.4 Å². The number of nitrogen functional groups attached to an aromatic ring is 1. The molecule has 0 spiro atoms. The van der Waals surface area contributed by atoms with Gasteiger partial charge in [0.15, 0.2) is 0 Å². The summed E-state index contributed by atoms with van der Waals surface area (Å²) in [5, 5.41) is 2.82. The number of methoxy groups -OCH3 is 1. The van der Waals surface area contributed by atoms with Crippen molar-refractivity contribution in [3.05, 3.63) is 50.9 Å². The van der Waals surface area contributed by atoms with Gasteiger partial charge in [-0.25, -0.2) is 0 Å². The zero-order chi connectivity index (χ0) is 14.7. The van der Waals surface area contributed by atoms with Gasteiger partial charge in [-0.3, -0.25) is 4.79 Å². The molecule has 0 saturated heterocycles. The van der Waals surface area contributed by atoms with Crippen molar-refractivity contribution in [1.82, 2.24) is 0 Å². The van der Waals surface area contributed by atoms with Crippen LogP contribution >= 0.6 is 31.9 Å². The van der Waals surface area contributed by atoms with E-state index in [0.717, 1.165) is 8.95 Å². The molecule has 1 amide bonds. The van der Waals surface area contributed by atoms with Gasteiger partial charge in [-0.1, -0.05) is 15.9 Å². The van der Waals surface area contributed by atoms with Gasteiger partial charge in [0.25, 0.3) is 5.91 Å². The number of rotatable bonds is 3. The lowest BCUT2D eigenvalue weighted by atomic mass is 10.1. The quantitative estimate of drug-likeness (QED) is 0.765. The zero-order valence-electron chi connectivity index (χ0n) is 10.6. The minimum atomic E-state index is -0.234. The van der Waals surface area contributed by atoms with Gasteiger partial charge in [0.1, 0.15) is 5.75 Å². The first-order chi connectivity index (χ1) is 9.51. The van der Waals surface area contributed by atoms with Crippen molar-refractivity contribution in [2.75, 3.05) is 18.2 Å². The smallest absolute Gasteiger partial charge is 0.255 e. The molecule has 2 rings (SSSR count). The van der Waals surface area contributed by atoms with E-state index in [1.165, 1.54) is 7.11 Å². The third-order valence-corrected chi connectivity index (χ3v) is 3.82. The van der Waals surface area contributed by atoms with Gasteiger partial charge >= 0.3 is 0 Å². The monoisotopic (exact) mass is 398 g/mol. The van der Waals surface area contributed by atoms with Crippen LogP contribution in [0.25, 0.3) is 0 Å². The van der Waals surface area contributed by atoms with Crippen LogP contribution in [0.4, 0.5) is 11.4 Å². The van der Waals surface area contributed by atoms with Crippen molar-refractivity contribution >= 4 is 49.1 Å². The third kappa shape index (κ3) is 3.32. The number of nitrogens with one attached hydrogen (secondary N) is 1. The lowest BCUT2D eigenvalue weighted by molar-refractivity contribution is 0.102. The molecule has 2 aromatic rings. The van der Waals surface area contributed by atoms with E-state index in [0.29, 0.717) is 22.7 Å². The second kappa shape index (κ2) is 6.28. The molecular formula is C14H12Br2N2O2. The number of carbonyl (C=O) groups is 1. The van der Waals surface area contributed by atoms with E-state index in [1.807, 2.05) is 12.1 Å². The second-order valence-corrected chi connectivity index (χ2v) is 5.81. The van der Waals surface area contributed by atoms with E-state index >= 15 is 0 Å². The molecule has 0 bridgehead atoms. The van der Waals surface area contributed by atoms with Crippen LogP contribution in [0.5, 0.6) is 5.75 Å². The van der Waals surface area contributed by atoms with E-state index in [-0.39, 0.29) is 5.91 Å². The van der Waals surface area contributed by atoms with Crippen LogP contribution in [-0.4, -0.2) is 13.0 Å². The first-order valence-electron chi connectivity index (χ1n) is 5.71. The molecule has 0 aliphatic heterocycles. The highest BCUT2D eigenvalue weighted by molar-refractivity contribution is 9.11.